The van der Waals surface area contributed by atoms with E-state index in [1.165, 1.54) is 28.9 Å². The van der Waals surface area contributed by atoms with Crippen molar-refractivity contribution in [2.45, 2.75) is 32.6 Å². The molecule has 1 aliphatic heterocycles. The zero-order valence-electron chi connectivity index (χ0n) is 12.3. The fourth-order valence-electron chi connectivity index (χ4n) is 2.69. The van der Waals surface area contributed by atoms with Crippen LogP contribution in [0.3, 0.4) is 0 Å². The molecule has 1 aliphatic carbocycles. The molecular formula is C18H19NO2. The predicted molar refractivity (Wildman–Crippen MR) is 82.1 cm³/mol. The lowest BCUT2D eigenvalue weighted by Gasteiger charge is -2.15. The van der Waals surface area contributed by atoms with Gasteiger partial charge in [-0.1, -0.05) is 35.4 Å². The summed E-state index contributed by atoms with van der Waals surface area (Å²) in [5, 5.41) is 0. The predicted octanol–water partition coefficient (Wildman–Crippen LogP) is 3.73. The van der Waals surface area contributed by atoms with Gasteiger partial charge in [0.1, 0.15) is 0 Å². The lowest BCUT2D eigenvalue weighted by molar-refractivity contribution is 0.0672. The molecule has 21 heavy (non-hydrogen) atoms. The van der Waals surface area contributed by atoms with Crippen molar-refractivity contribution in [2.75, 3.05) is 6.54 Å². The van der Waals surface area contributed by atoms with Gasteiger partial charge in [0, 0.05) is 6.54 Å². The van der Waals surface area contributed by atoms with Crippen LogP contribution in [0.25, 0.3) is 0 Å². The second-order valence-electron chi connectivity index (χ2n) is 5.72. The SMILES string of the molecule is C/C(=C\CN1C(=O)c2ccccc2C1=O)CCC1=CCC1. The van der Waals surface area contributed by atoms with Crippen molar-refractivity contribution in [3.05, 3.63) is 58.7 Å². The zero-order chi connectivity index (χ0) is 14.8. The first-order chi connectivity index (χ1) is 10.2. The maximum atomic E-state index is 12.2. The molecule has 2 amide bonds. The van der Waals surface area contributed by atoms with E-state index in [1.807, 2.05) is 6.08 Å². The molecule has 2 aliphatic rings. The number of hydrogen-bond donors (Lipinski definition) is 0. The van der Waals surface area contributed by atoms with Crippen LogP contribution < -0.4 is 0 Å². The van der Waals surface area contributed by atoms with Crippen LogP contribution in [0.5, 0.6) is 0 Å². The number of rotatable bonds is 5. The van der Waals surface area contributed by atoms with Crippen LogP contribution in [0.4, 0.5) is 0 Å². The number of carbonyl (C=O) groups is 2. The fraction of sp³-hybridized carbons (Fsp3) is 0.333. The van der Waals surface area contributed by atoms with Crippen LogP contribution in [-0.2, 0) is 0 Å². The highest BCUT2D eigenvalue weighted by Gasteiger charge is 2.34. The van der Waals surface area contributed by atoms with Crippen molar-refractivity contribution in [2.24, 2.45) is 0 Å². The number of imide groups is 1. The summed E-state index contributed by atoms with van der Waals surface area (Å²) >= 11 is 0. The van der Waals surface area contributed by atoms with Gasteiger partial charge >= 0.3 is 0 Å². The van der Waals surface area contributed by atoms with E-state index in [1.54, 1.807) is 24.3 Å². The Bertz CT molecular complexity index is 620. The van der Waals surface area contributed by atoms with E-state index >= 15 is 0 Å². The number of fused-ring (bicyclic) bond motifs is 1. The third-order valence-corrected chi connectivity index (χ3v) is 4.24. The van der Waals surface area contributed by atoms with Gasteiger partial charge in [0.25, 0.3) is 11.8 Å². The average molecular weight is 281 g/mol. The Kier molecular flexibility index (Phi) is 3.74. The summed E-state index contributed by atoms with van der Waals surface area (Å²) in [6.45, 7) is 2.44. The van der Waals surface area contributed by atoms with E-state index in [-0.39, 0.29) is 11.8 Å². The number of carbonyl (C=O) groups excluding carboxylic acids is 2. The smallest absolute Gasteiger partial charge is 0.261 e. The van der Waals surface area contributed by atoms with Gasteiger partial charge in [0.2, 0.25) is 0 Å². The van der Waals surface area contributed by atoms with Crippen LogP contribution in [0.1, 0.15) is 53.3 Å². The standard InChI is InChI=1S/C18H19NO2/c1-13(9-10-14-5-4-6-14)11-12-19-17(20)15-7-2-3-8-16(15)18(19)21/h2-3,5,7-8,11H,4,6,9-10,12H2,1H3/b13-11+. The van der Waals surface area contributed by atoms with Gasteiger partial charge in [0.05, 0.1) is 11.1 Å². The number of amides is 2. The molecule has 0 bridgehead atoms. The fourth-order valence-corrected chi connectivity index (χ4v) is 2.69. The first kappa shape index (κ1) is 13.8. The molecule has 3 heteroatoms. The molecule has 0 fully saturated rings. The number of hydrogen-bond acceptors (Lipinski definition) is 2. The molecule has 1 aromatic carbocycles. The topological polar surface area (TPSA) is 37.4 Å². The normalized spacial score (nSPS) is 17.7. The van der Waals surface area contributed by atoms with Crippen molar-refractivity contribution in [3.8, 4) is 0 Å². The van der Waals surface area contributed by atoms with E-state index in [4.69, 9.17) is 0 Å². The summed E-state index contributed by atoms with van der Waals surface area (Å²) in [5.41, 5.74) is 3.81. The highest BCUT2D eigenvalue weighted by molar-refractivity contribution is 6.21. The summed E-state index contributed by atoms with van der Waals surface area (Å²) in [6, 6.07) is 7.02. The second-order valence-corrected chi connectivity index (χ2v) is 5.72. The molecule has 3 rings (SSSR count). The molecule has 0 atom stereocenters. The highest BCUT2D eigenvalue weighted by Crippen LogP contribution is 2.25. The van der Waals surface area contributed by atoms with E-state index in [9.17, 15) is 9.59 Å². The van der Waals surface area contributed by atoms with Gasteiger partial charge in [-0.05, 0) is 44.7 Å². The van der Waals surface area contributed by atoms with Crippen LogP contribution >= 0.6 is 0 Å². The molecule has 0 N–H and O–H groups in total. The van der Waals surface area contributed by atoms with Crippen molar-refractivity contribution in [1.29, 1.82) is 0 Å². The second kappa shape index (κ2) is 5.68. The van der Waals surface area contributed by atoms with E-state index in [0.29, 0.717) is 17.7 Å². The molecule has 108 valence electrons. The summed E-state index contributed by atoms with van der Waals surface area (Å²) in [6.07, 6.45) is 8.84. The van der Waals surface area contributed by atoms with Crippen LogP contribution in [0.15, 0.2) is 47.6 Å². The third kappa shape index (κ3) is 2.68. The molecule has 1 aromatic rings. The first-order valence-electron chi connectivity index (χ1n) is 7.45. The van der Waals surface area contributed by atoms with Crippen LogP contribution in [0, 0.1) is 0 Å². The van der Waals surface area contributed by atoms with Gasteiger partial charge in [0.15, 0.2) is 0 Å². The van der Waals surface area contributed by atoms with Gasteiger partial charge in [-0.25, -0.2) is 0 Å². The Hall–Kier alpha value is -2.16. The number of nitrogens with zero attached hydrogens (tertiary/aromatic N) is 1. The van der Waals surface area contributed by atoms with Crippen molar-refractivity contribution in [1.82, 2.24) is 4.90 Å². The summed E-state index contributed by atoms with van der Waals surface area (Å²) in [5.74, 6) is -0.359. The lowest BCUT2D eigenvalue weighted by Crippen LogP contribution is -2.29. The highest BCUT2D eigenvalue weighted by atomic mass is 16.2. The molecule has 0 unspecified atom stereocenters. The minimum absolute atomic E-state index is 0.179. The molecule has 3 nitrogen and oxygen atoms in total. The maximum Gasteiger partial charge on any atom is 0.261 e. The summed E-state index contributed by atoms with van der Waals surface area (Å²) < 4.78 is 0. The molecular weight excluding hydrogens is 262 g/mol. The number of benzene rings is 1. The van der Waals surface area contributed by atoms with Gasteiger partial charge in [-0.3, -0.25) is 14.5 Å². The van der Waals surface area contributed by atoms with Gasteiger partial charge in [-0.15, -0.1) is 0 Å². The van der Waals surface area contributed by atoms with E-state index in [2.05, 4.69) is 13.0 Å². The Labute approximate surface area is 125 Å². The minimum Gasteiger partial charge on any atom is -0.270 e. The molecule has 0 radical (unpaired) electrons. The Morgan fingerprint density at radius 3 is 2.33 bits per heavy atom. The van der Waals surface area contributed by atoms with Crippen molar-refractivity contribution in [3.63, 3.8) is 0 Å². The van der Waals surface area contributed by atoms with Crippen molar-refractivity contribution >= 4 is 11.8 Å². The molecule has 0 saturated heterocycles. The van der Waals surface area contributed by atoms with Crippen LogP contribution in [0.2, 0.25) is 0 Å². The lowest BCUT2D eigenvalue weighted by atomic mass is 9.93. The zero-order valence-corrected chi connectivity index (χ0v) is 12.3. The minimum atomic E-state index is -0.179. The maximum absolute atomic E-state index is 12.2. The number of allylic oxidation sites excluding steroid dienone is 3. The summed E-state index contributed by atoms with van der Waals surface area (Å²) in [4.78, 5) is 25.7. The largest absolute Gasteiger partial charge is 0.270 e. The quantitative estimate of drug-likeness (QED) is 0.609. The summed E-state index contributed by atoms with van der Waals surface area (Å²) in [7, 11) is 0. The third-order valence-electron chi connectivity index (χ3n) is 4.24. The van der Waals surface area contributed by atoms with Crippen molar-refractivity contribution < 1.29 is 9.59 Å². The first-order valence-corrected chi connectivity index (χ1v) is 7.45. The molecule has 0 saturated carbocycles. The van der Waals surface area contributed by atoms with Crippen LogP contribution in [-0.4, -0.2) is 23.3 Å². The van der Waals surface area contributed by atoms with E-state index in [0.717, 1.165) is 12.8 Å². The van der Waals surface area contributed by atoms with E-state index < -0.39 is 0 Å². The Balaban J connectivity index is 1.63. The molecule has 0 spiro atoms. The molecule has 0 aromatic heterocycles. The monoisotopic (exact) mass is 281 g/mol. The average Bonchev–Trinajstić information content (AvgIpc) is 2.68. The van der Waals surface area contributed by atoms with Gasteiger partial charge < -0.3 is 0 Å². The molecule has 1 heterocycles. The Morgan fingerprint density at radius 2 is 1.81 bits per heavy atom. The van der Waals surface area contributed by atoms with Gasteiger partial charge in [-0.2, -0.15) is 0 Å². The Morgan fingerprint density at radius 1 is 1.19 bits per heavy atom.